The second-order valence-electron chi connectivity index (χ2n) is 8.88. The van der Waals surface area contributed by atoms with E-state index in [-0.39, 0.29) is 48.0 Å². The van der Waals surface area contributed by atoms with Crippen molar-refractivity contribution >= 4 is 23.4 Å². The van der Waals surface area contributed by atoms with E-state index in [4.69, 9.17) is 16.3 Å². The monoisotopic (exact) mass is 478 g/mol. The van der Waals surface area contributed by atoms with Gasteiger partial charge in [-0.1, -0.05) is 23.7 Å². The number of hydrogen-bond acceptors (Lipinski definition) is 4. The first-order chi connectivity index (χ1) is 15.7. The van der Waals surface area contributed by atoms with E-state index in [1.165, 1.54) is 24.3 Å². The van der Waals surface area contributed by atoms with Gasteiger partial charge >= 0.3 is 0 Å². The number of benzene rings is 2. The summed E-state index contributed by atoms with van der Waals surface area (Å²) in [6, 6.07) is 9.92. The summed E-state index contributed by atoms with van der Waals surface area (Å²) in [4.78, 5) is 25.4. The minimum Gasteiger partial charge on any atom is -0.484 e. The molecule has 9 heteroatoms. The molecule has 2 aromatic rings. The van der Waals surface area contributed by atoms with Crippen molar-refractivity contribution in [2.24, 2.45) is 5.41 Å². The molecular formula is C24H25ClF2N2O4. The van der Waals surface area contributed by atoms with Crippen LogP contribution in [-0.2, 0) is 16.1 Å². The summed E-state index contributed by atoms with van der Waals surface area (Å²) >= 11 is 5.64. The lowest BCUT2D eigenvalue weighted by molar-refractivity contribution is -0.156. The number of halogens is 3. The van der Waals surface area contributed by atoms with Crippen molar-refractivity contribution in [1.82, 2.24) is 10.6 Å². The molecule has 176 valence electrons. The highest BCUT2D eigenvalue weighted by Crippen LogP contribution is 2.52. The predicted molar refractivity (Wildman–Crippen MR) is 118 cm³/mol. The van der Waals surface area contributed by atoms with Crippen LogP contribution in [-0.4, -0.2) is 35.2 Å². The van der Waals surface area contributed by atoms with Crippen LogP contribution in [0.25, 0.3) is 0 Å². The van der Waals surface area contributed by atoms with Crippen LogP contribution < -0.4 is 15.4 Å². The van der Waals surface area contributed by atoms with Gasteiger partial charge in [0.1, 0.15) is 17.4 Å². The normalized spacial score (nSPS) is 26.0. The molecule has 3 aliphatic rings. The lowest BCUT2D eigenvalue weighted by Crippen LogP contribution is -2.65. The maximum Gasteiger partial charge on any atom is 0.258 e. The lowest BCUT2D eigenvalue weighted by Gasteiger charge is -2.55. The Morgan fingerprint density at radius 2 is 1.88 bits per heavy atom. The third kappa shape index (κ3) is 4.96. The van der Waals surface area contributed by atoms with Crippen molar-refractivity contribution in [3.8, 4) is 5.75 Å². The fourth-order valence-corrected chi connectivity index (χ4v) is 5.00. The number of hydrogen-bond donors (Lipinski definition) is 3. The second-order valence-corrected chi connectivity index (χ2v) is 9.29. The Morgan fingerprint density at radius 3 is 2.55 bits per heavy atom. The van der Waals surface area contributed by atoms with Gasteiger partial charge < -0.3 is 20.5 Å². The minimum atomic E-state index is -0.920. The van der Waals surface area contributed by atoms with Gasteiger partial charge in [-0.25, -0.2) is 8.78 Å². The molecule has 0 unspecified atom stereocenters. The van der Waals surface area contributed by atoms with Crippen LogP contribution >= 0.6 is 11.6 Å². The van der Waals surface area contributed by atoms with Crippen LogP contribution in [0.1, 0.15) is 37.7 Å². The number of aliphatic hydroxyl groups excluding tert-OH is 1. The third-order valence-electron chi connectivity index (χ3n) is 6.78. The minimum absolute atomic E-state index is 0.0347. The molecule has 0 saturated heterocycles. The van der Waals surface area contributed by atoms with E-state index < -0.39 is 22.9 Å². The SMILES string of the molecule is O=C(COc1ccc(Cl)c(F)c1)NC12CCC(C(=O)NCc3cccc(F)c3)(CC1)[C@@H](O)C2. The Kier molecular flexibility index (Phi) is 6.59. The highest BCUT2D eigenvalue weighted by molar-refractivity contribution is 6.30. The molecule has 0 aromatic heterocycles. The molecule has 0 spiro atoms. The fourth-order valence-electron chi connectivity index (χ4n) is 4.88. The molecule has 5 rings (SSSR count). The molecular weight excluding hydrogens is 454 g/mol. The molecule has 0 radical (unpaired) electrons. The molecule has 6 nitrogen and oxygen atoms in total. The van der Waals surface area contributed by atoms with Gasteiger partial charge in [0, 0.05) is 18.2 Å². The third-order valence-corrected chi connectivity index (χ3v) is 7.09. The molecule has 3 aliphatic carbocycles. The summed E-state index contributed by atoms with van der Waals surface area (Å²) in [6.45, 7) is -0.131. The van der Waals surface area contributed by atoms with Crippen LogP contribution in [0, 0.1) is 17.0 Å². The number of ether oxygens (including phenoxy) is 1. The van der Waals surface area contributed by atoms with Gasteiger partial charge in [0.2, 0.25) is 5.91 Å². The van der Waals surface area contributed by atoms with Gasteiger partial charge in [-0.15, -0.1) is 0 Å². The zero-order valence-electron chi connectivity index (χ0n) is 17.9. The molecule has 2 aromatic carbocycles. The van der Waals surface area contributed by atoms with Crippen molar-refractivity contribution in [1.29, 1.82) is 0 Å². The fraction of sp³-hybridized carbons (Fsp3) is 0.417. The van der Waals surface area contributed by atoms with Crippen LogP contribution in [0.15, 0.2) is 42.5 Å². The number of amides is 2. The smallest absolute Gasteiger partial charge is 0.258 e. The molecule has 2 bridgehead atoms. The lowest BCUT2D eigenvalue weighted by atomic mass is 9.55. The van der Waals surface area contributed by atoms with E-state index in [1.807, 2.05) is 0 Å². The maximum absolute atomic E-state index is 13.5. The summed E-state index contributed by atoms with van der Waals surface area (Å²) in [6.07, 6.45) is 1.26. The highest BCUT2D eigenvalue weighted by Gasteiger charge is 2.58. The van der Waals surface area contributed by atoms with Crippen LogP contribution in [0.4, 0.5) is 8.78 Å². The topological polar surface area (TPSA) is 87.7 Å². The predicted octanol–water partition coefficient (Wildman–Crippen LogP) is 3.49. The Bertz CT molecular complexity index is 1060. The number of aliphatic hydroxyl groups is 1. The van der Waals surface area contributed by atoms with Gasteiger partial charge in [0.25, 0.3) is 5.91 Å². The molecule has 2 amide bonds. The zero-order valence-corrected chi connectivity index (χ0v) is 18.6. The molecule has 33 heavy (non-hydrogen) atoms. The Morgan fingerprint density at radius 1 is 1.12 bits per heavy atom. The summed E-state index contributed by atoms with van der Waals surface area (Å²) in [5.74, 6) is -1.47. The van der Waals surface area contributed by atoms with Crippen molar-refractivity contribution in [3.05, 3.63) is 64.7 Å². The van der Waals surface area contributed by atoms with E-state index in [0.717, 1.165) is 6.07 Å². The Hall–Kier alpha value is -2.71. The number of carbonyl (C=O) groups is 2. The first kappa shape index (κ1) is 23.4. The number of nitrogens with one attached hydrogen (secondary N) is 2. The van der Waals surface area contributed by atoms with E-state index in [0.29, 0.717) is 31.2 Å². The van der Waals surface area contributed by atoms with E-state index >= 15 is 0 Å². The summed E-state index contributed by atoms with van der Waals surface area (Å²) in [5.41, 5.74) is -0.893. The van der Waals surface area contributed by atoms with Crippen molar-refractivity contribution < 1.29 is 28.2 Å². The maximum atomic E-state index is 13.5. The van der Waals surface area contributed by atoms with Gasteiger partial charge in [0.15, 0.2) is 6.61 Å². The average molecular weight is 479 g/mol. The van der Waals surface area contributed by atoms with Gasteiger partial charge in [0.05, 0.1) is 16.5 Å². The summed E-state index contributed by atoms with van der Waals surface area (Å²) < 4.78 is 32.2. The van der Waals surface area contributed by atoms with Gasteiger partial charge in [-0.05, 0) is 61.9 Å². The molecule has 0 aliphatic heterocycles. The first-order valence-corrected chi connectivity index (χ1v) is 11.2. The highest BCUT2D eigenvalue weighted by atomic mass is 35.5. The quantitative estimate of drug-likeness (QED) is 0.568. The van der Waals surface area contributed by atoms with Gasteiger partial charge in [-0.3, -0.25) is 9.59 Å². The standard InChI is InChI=1S/C24H25ClF2N2O4/c25-18-5-4-17(11-19(18)27)33-14-21(31)29-23-6-8-24(9-7-23,20(30)12-23)22(32)28-13-15-2-1-3-16(26)10-15/h1-5,10-11,20,30H,6-9,12-14H2,(H,28,32)(H,29,31)/t20-,23?,24?/m0/s1. The Labute approximate surface area is 195 Å². The van der Waals surface area contributed by atoms with Crippen LogP contribution in [0.5, 0.6) is 5.75 Å². The molecule has 3 N–H and O–H groups in total. The molecule has 3 fully saturated rings. The van der Waals surface area contributed by atoms with Gasteiger partial charge in [-0.2, -0.15) is 0 Å². The number of fused-ring (bicyclic) bond motifs is 3. The second kappa shape index (κ2) is 9.27. The summed E-state index contributed by atoms with van der Waals surface area (Å²) in [7, 11) is 0. The zero-order chi connectivity index (χ0) is 23.6. The van der Waals surface area contributed by atoms with Crippen molar-refractivity contribution in [2.45, 2.75) is 50.3 Å². The van der Waals surface area contributed by atoms with E-state index in [9.17, 15) is 23.5 Å². The van der Waals surface area contributed by atoms with Crippen LogP contribution in [0.2, 0.25) is 5.02 Å². The number of rotatable bonds is 7. The first-order valence-electron chi connectivity index (χ1n) is 10.8. The molecule has 3 saturated carbocycles. The summed E-state index contributed by atoms with van der Waals surface area (Å²) in [5, 5.41) is 16.6. The average Bonchev–Trinajstić information content (AvgIpc) is 2.79. The number of carbonyl (C=O) groups excluding carboxylic acids is 2. The van der Waals surface area contributed by atoms with E-state index in [2.05, 4.69) is 10.6 Å². The van der Waals surface area contributed by atoms with Crippen molar-refractivity contribution in [2.75, 3.05) is 6.61 Å². The molecule has 1 atom stereocenters. The van der Waals surface area contributed by atoms with Crippen LogP contribution in [0.3, 0.4) is 0 Å². The molecule has 0 heterocycles. The van der Waals surface area contributed by atoms with Crippen molar-refractivity contribution in [3.63, 3.8) is 0 Å². The largest absolute Gasteiger partial charge is 0.484 e. The Balaban J connectivity index is 1.32. The van der Waals surface area contributed by atoms with E-state index in [1.54, 1.807) is 12.1 Å².